The van der Waals surface area contributed by atoms with E-state index in [0.29, 0.717) is 13.1 Å². The van der Waals surface area contributed by atoms with E-state index < -0.39 is 6.10 Å². The van der Waals surface area contributed by atoms with E-state index in [1.165, 1.54) is 0 Å². The van der Waals surface area contributed by atoms with Gasteiger partial charge in [0.05, 0.1) is 21.8 Å². The highest BCUT2D eigenvalue weighted by Crippen LogP contribution is 2.28. The van der Waals surface area contributed by atoms with Crippen molar-refractivity contribution in [1.82, 2.24) is 14.8 Å². The van der Waals surface area contributed by atoms with E-state index in [1.54, 1.807) is 11.3 Å². The smallest absolute Gasteiger partial charge is 0.238 e. The van der Waals surface area contributed by atoms with E-state index in [4.69, 9.17) is 4.74 Å². The molecule has 0 aliphatic carbocycles. The fourth-order valence-corrected chi connectivity index (χ4v) is 5.45. The van der Waals surface area contributed by atoms with Crippen LogP contribution in [0.3, 0.4) is 0 Å². The van der Waals surface area contributed by atoms with Crippen LogP contribution in [0.15, 0.2) is 72.8 Å². The standard InChI is InChI=1S/C29H32N4O3S/c1-21-30-27-17-24(11-12-28(27)37-21)36-20-23(34)18-32-13-15-33(16-14-32)19-29(35)31-26-10-6-5-9-25(26)22-7-3-2-4-8-22/h2-12,17,23,34H,13-16,18-20H2,1H3,(H,31,35)/t23-/m0/s1. The third-order valence-corrected chi connectivity index (χ3v) is 7.45. The Morgan fingerprint density at radius 2 is 1.76 bits per heavy atom. The topological polar surface area (TPSA) is 77.9 Å². The number of anilines is 1. The van der Waals surface area contributed by atoms with E-state index in [0.717, 1.165) is 64.0 Å². The number of β-amino-alcohol motifs (C(OH)–C–C–N with tert-alkyl or cyclic N) is 1. The third-order valence-electron chi connectivity index (χ3n) is 6.50. The number of rotatable bonds is 9. The average molecular weight is 517 g/mol. The van der Waals surface area contributed by atoms with Gasteiger partial charge in [-0.05, 0) is 30.7 Å². The van der Waals surface area contributed by atoms with E-state index in [2.05, 4.69) is 20.1 Å². The largest absolute Gasteiger partial charge is 0.491 e. The third kappa shape index (κ3) is 6.72. The predicted octanol–water partition coefficient (Wildman–Crippen LogP) is 4.27. The van der Waals surface area contributed by atoms with Gasteiger partial charge in [0.15, 0.2) is 0 Å². The number of nitrogens with zero attached hydrogens (tertiary/aromatic N) is 3. The lowest BCUT2D eigenvalue weighted by Gasteiger charge is -2.35. The number of aromatic nitrogens is 1. The number of aliphatic hydroxyl groups excluding tert-OH is 1. The van der Waals surface area contributed by atoms with E-state index in [1.807, 2.05) is 79.7 Å². The average Bonchev–Trinajstić information content (AvgIpc) is 3.29. The zero-order valence-corrected chi connectivity index (χ0v) is 21.8. The Bertz CT molecular complexity index is 1340. The van der Waals surface area contributed by atoms with Gasteiger partial charge in [-0.3, -0.25) is 14.6 Å². The highest BCUT2D eigenvalue weighted by atomic mass is 32.1. The molecule has 37 heavy (non-hydrogen) atoms. The number of fused-ring (bicyclic) bond motifs is 1. The molecular formula is C29H32N4O3S. The number of para-hydroxylation sites is 1. The molecule has 0 spiro atoms. The molecule has 1 aliphatic rings. The maximum atomic E-state index is 12.8. The summed E-state index contributed by atoms with van der Waals surface area (Å²) < 4.78 is 6.96. The Hall–Kier alpha value is -3.30. The molecule has 2 N–H and O–H groups in total. The molecule has 1 fully saturated rings. The van der Waals surface area contributed by atoms with Crippen LogP contribution < -0.4 is 10.1 Å². The number of aryl methyl sites for hydroxylation is 1. The molecule has 8 heteroatoms. The van der Waals surface area contributed by atoms with Gasteiger partial charge in [-0.15, -0.1) is 11.3 Å². The van der Waals surface area contributed by atoms with Crippen LogP contribution in [0.4, 0.5) is 5.69 Å². The molecular weight excluding hydrogens is 484 g/mol. The zero-order chi connectivity index (χ0) is 25.6. The second-order valence-corrected chi connectivity index (χ2v) is 10.6. The van der Waals surface area contributed by atoms with Crippen LogP contribution in [-0.2, 0) is 4.79 Å². The lowest BCUT2D eigenvalue weighted by atomic mass is 10.0. The maximum Gasteiger partial charge on any atom is 0.238 e. The number of piperazine rings is 1. The van der Waals surface area contributed by atoms with Crippen LogP contribution in [0.25, 0.3) is 21.3 Å². The fourth-order valence-electron chi connectivity index (χ4n) is 4.64. The second-order valence-electron chi connectivity index (χ2n) is 9.36. The maximum absolute atomic E-state index is 12.8. The van der Waals surface area contributed by atoms with Gasteiger partial charge in [0.25, 0.3) is 0 Å². The van der Waals surface area contributed by atoms with Crippen molar-refractivity contribution < 1.29 is 14.6 Å². The zero-order valence-electron chi connectivity index (χ0n) is 21.0. The van der Waals surface area contributed by atoms with Gasteiger partial charge in [-0.2, -0.15) is 0 Å². The Balaban J connectivity index is 1.05. The predicted molar refractivity (Wildman–Crippen MR) is 149 cm³/mol. The molecule has 0 radical (unpaired) electrons. The van der Waals surface area contributed by atoms with Crippen LogP contribution in [-0.4, -0.2) is 77.8 Å². The van der Waals surface area contributed by atoms with Crippen molar-refractivity contribution in [3.8, 4) is 16.9 Å². The first kappa shape index (κ1) is 25.4. The molecule has 192 valence electrons. The Morgan fingerprint density at radius 1 is 1.03 bits per heavy atom. The number of carbonyl (C=O) groups excluding carboxylic acids is 1. The summed E-state index contributed by atoms with van der Waals surface area (Å²) in [7, 11) is 0. The van der Waals surface area contributed by atoms with Crippen LogP contribution in [0.5, 0.6) is 5.75 Å². The number of thiazole rings is 1. The molecule has 5 rings (SSSR count). The lowest BCUT2D eigenvalue weighted by Crippen LogP contribution is -2.50. The molecule has 1 aliphatic heterocycles. The van der Waals surface area contributed by atoms with Gasteiger partial charge >= 0.3 is 0 Å². The van der Waals surface area contributed by atoms with Gasteiger partial charge in [0.2, 0.25) is 5.91 Å². The molecule has 7 nitrogen and oxygen atoms in total. The molecule has 1 amide bonds. The molecule has 1 saturated heterocycles. The summed E-state index contributed by atoms with van der Waals surface area (Å²) >= 11 is 1.66. The van der Waals surface area contributed by atoms with Crippen molar-refractivity contribution in [2.24, 2.45) is 0 Å². The minimum absolute atomic E-state index is 0.0162. The monoisotopic (exact) mass is 516 g/mol. The molecule has 4 aromatic rings. The summed E-state index contributed by atoms with van der Waals surface area (Å²) in [6.45, 7) is 6.28. The minimum atomic E-state index is -0.586. The summed E-state index contributed by atoms with van der Waals surface area (Å²) in [4.78, 5) is 21.7. The molecule has 2 heterocycles. The number of amides is 1. The molecule has 0 saturated carbocycles. The summed E-state index contributed by atoms with van der Waals surface area (Å²) in [5.41, 5.74) is 3.84. The summed E-state index contributed by atoms with van der Waals surface area (Å²) in [5, 5.41) is 14.6. The lowest BCUT2D eigenvalue weighted by molar-refractivity contribution is -0.117. The van der Waals surface area contributed by atoms with Crippen molar-refractivity contribution >= 4 is 33.1 Å². The first-order chi connectivity index (χ1) is 18.0. The number of carbonyl (C=O) groups is 1. The molecule has 0 unspecified atom stereocenters. The van der Waals surface area contributed by atoms with E-state index in [-0.39, 0.29) is 12.5 Å². The van der Waals surface area contributed by atoms with Crippen molar-refractivity contribution in [2.75, 3.05) is 51.2 Å². The van der Waals surface area contributed by atoms with E-state index in [9.17, 15) is 9.90 Å². The van der Waals surface area contributed by atoms with E-state index >= 15 is 0 Å². The van der Waals surface area contributed by atoms with Gasteiger partial charge in [-0.1, -0.05) is 48.5 Å². The van der Waals surface area contributed by atoms with Crippen LogP contribution in [0.2, 0.25) is 0 Å². The minimum Gasteiger partial charge on any atom is -0.491 e. The summed E-state index contributed by atoms with van der Waals surface area (Å²) in [6, 6.07) is 23.8. The van der Waals surface area contributed by atoms with Gasteiger partial charge < -0.3 is 15.2 Å². The normalized spacial score (nSPS) is 15.5. The van der Waals surface area contributed by atoms with Crippen LogP contribution in [0.1, 0.15) is 5.01 Å². The van der Waals surface area contributed by atoms with Crippen molar-refractivity contribution in [3.63, 3.8) is 0 Å². The SMILES string of the molecule is Cc1nc2cc(OC[C@@H](O)CN3CCN(CC(=O)Nc4ccccc4-c4ccccc4)CC3)ccc2s1. The first-order valence-corrected chi connectivity index (χ1v) is 13.4. The molecule has 3 aromatic carbocycles. The van der Waals surface area contributed by atoms with Crippen LogP contribution in [0, 0.1) is 6.92 Å². The highest BCUT2D eigenvalue weighted by Gasteiger charge is 2.21. The fraction of sp³-hybridized carbons (Fsp3) is 0.310. The van der Waals surface area contributed by atoms with Crippen molar-refractivity contribution in [1.29, 1.82) is 0 Å². The van der Waals surface area contributed by atoms with Crippen molar-refractivity contribution in [2.45, 2.75) is 13.0 Å². The molecule has 1 atom stereocenters. The number of hydrogen-bond acceptors (Lipinski definition) is 7. The number of benzene rings is 3. The number of nitrogens with one attached hydrogen (secondary N) is 1. The number of hydrogen-bond donors (Lipinski definition) is 2. The van der Waals surface area contributed by atoms with Gasteiger partial charge in [0.1, 0.15) is 18.5 Å². The Morgan fingerprint density at radius 3 is 2.57 bits per heavy atom. The highest BCUT2D eigenvalue weighted by molar-refractivity contribution is 7.18. The summed E-state index contributed by atoms with van der Waals surface area (Å²) in [6.07, 6.45) is -0.586. The first-order valence-electron chi connectivity index (χ1n) is 12.6. The molecule has 1 aromatic heterocycles. The van der Waals surface area contributed by atoms with Gasteiger partial charge in [-0.25, -0.2) is 4.98 Å². The Kier molecular flexibility index (Phi) is 8.11. The summed E-state index contributed by atoms with van der Waals surface area (Å²) in [5.74, 6) is 0.707. The Labute approximate surface area is 221 Å². The van der Waals surface area contributed by atoms with Crippen molar-refractivity contribution in [3.05, 3.63) is 77.8 Å². The van der Waals surface area contributed by atoms with Crippen LogP contribution >= 0.6 is 11.3 Å². The number of aliphatic hydroxyl groups is 1. The molecule has 0 bridgehead atoms. The number of ether oxygens (including phenoxy) is 1. The van der Waals surface area contributed by atoms with Gasteiger partial charge in [0, 0.05) is 50.0 Å². The quantitative estimate of drug-likeness (QED) is 0.346. The second kappa shape index (κ2) is 11.8.